The highest BCUT2D eigenvalue weighted by molar-refractivity contribution is 6.01. The summed E-state index contributed by atoms with van der Waals surface area (Å²) in [5.74, 6) is -3.94. The third-order valence-corrected chi connectivity index (χ3v) is 11.7. The number of benzene rings is 6. The topological polar surface area (TPSA) is 110 Å². The summed E-state index contributed by atoms with van der Waals surface area (Å²) in [4.78, 5) is 42.6. The van der Waals surface area contributed by atoms with Crippen LogP contribution in [0.3, 0.4) is 0 Å². The van der Waals surface area contributed by atoms with Gasteiger partial charge >= 0.3 is 17.9 Å². The maximum absolute atomic E-state index is 15.0. The number of aromatic hydroxyl groups is 1. The Balaban J connectivity index is 1.52. The van der Waals surface area contributed by atoms with Crippen LogP contribution in [0.15, 0.2) is 133 Å². The molecule has 0 aliphatic carbocycles. The number of hydrogen-bond donors (Lipinski definition) is 2. The van der Waals surface area contributed by atoms with Gasteiger partial charge in [0.1, 0.15) is 33.9 Å². The standard InChI is InChI=1S/C54H56O7/c1-33(35-21-14-11-15-22-35)37-29-41(34(2)36-23-16-12-17-24-36)47(42(30-37)49(56)57)60-51(59)43-31-39(52(3,4)5)32-45(53(6,7)8)48(43)61-50(58)40-27-20-28-44(46(40)55)54(9,10)38-25-18-13-19-26-38/h11-34,55H,1-10H3,(H,56,57). The molecule has 0 aromatic heterocycles. The molecule has 2 atom stereocenters. The molecule has 0 saturated carbocycles. The van der Waals surface area contributed by atoms with Crippen molar-refractivity contribution in [2.75, 3.05) is 0 Å². The lowest BCUT2D eigenvalue weighted by Crippen LogP contribution is -2.24. The number of aromatic carboxylic acids is 1. The quantitative estimate of drug-likeness (QED) is 0.0989. The molecule has 2 unspecified atom stereocenters. The summed E-state index contributed by atoms with van der Waals surface area (Å²) in [5.41, 5.74) is 3.89. The molecule has 0 bridgehead atoms. The zero-order chi connectivity index (χ0) is 44.4. The van der Waals surface area contributed by atoms with E-state index >= 15 is 0 Å². The number of phenols is 1. The number of carboxylic acids is 1. The highest BCUT2D eigenvalue weighted by Gasteiger charge is 2.35. The van der Waals surface area contributed by atoms with E-state index in [0.717, 1.165) is 27.8 Å². The van der Waals surface area contributed by atoms with Gasteiger partial charge in [-0.05, 0) is 56.8 Å². The van der Waals surface area contributed by atoms with Crippen molar-refractivity contribution < 1.29 is 34.1 Å². The molecule has 7 heteroatoms. The summed E-state index contributed by atoms with van der Waals surface area (Å²) >= 11 is 0. The Hall–Kier alpha value is -6.47. The molecule has 0 heterocycles. The Labute approximate surface area is 360 Å². The number of carboxylic acid groups (broad SMARTS) is 1. The lowest BCUT2D eigenvalue weighted by atomic mass is 9.77. The number of para-hydroxylation sites is 1. The van der Waals surface area contributed by atoms with Crippen LogP contribution in [0.2, 0.25) is 0 Å². The first-order valence-corrected chi connectivity index (χ1v) is 20.7. The average molecular weight is 817 g/mol. The molecule has 314 valence electrons. The van der Waals surface area contributed by atoms with Gasteiger partial charge in [-0.15, -0.1) is 0 Å². The number of esters is 2. The van der Waals surface area contributed by atoms with Crippen molar-refractivity contribution in [3.63, 3.8) is 0 Å². The zero-order valence-corrected chi connectivity index (χ0v) is 36.8. The summed E-state index contributed by atoms with van der Waals surface area (Å²) in [5, 5.41) is 22.5. The second-order valence-corrected chi connectivity index (χ2v) is 18.4. The van der Waals surface area contributed by atoms with Crippen molar-refractivity contribution in [2.45, 2.75) is 97.3 Å². The Morgan fingerprint density at radius 2 is 1.02 bits per heavy atom. The van der Waals surface area contributed by atoms with Crippen molar-refractivity contribution in [2.24, 2.45) is 0 Å². The Kier molecular flexibility index (Phi) is 12.5. The molecule has 61 heavy (non-hydrogen) atoms. The fourth-order valence-electron chi connectivity index (χ4n) is 7.77. The Morgan fingerprint density at radius 1 is 0.492 bits per heavy atom. The molecular formula is C54H56O7. The van der Waals surface area contributed by atoms with Crippen molar-refractivity contribution in [3.8, 4) is 17.2 Å². The summed E-state index contributed by atoms with van der Waals surface area (Å²) in [7, 11) is 0. The third-order valence-electron chi connectivity index (χ3n) is 11.7. The third kappa shape index (κ3) is 9.31. The molecule has 6 aromatic carbocycles. The number of ether oxygens (including phenoxy) is 2. The summed E-state index contributed by atoms with van der Waals surface area (Å²) in [6.45, 7) is 19.8. The van der Waals surface area contributed by atoms with Gasteiger partial charge in [0.25, 0.3) is 0 Å². The predicted octanol–water partition coefficient (Wildman–Crippen LogP) is 12.8. The average Bonchev–Trinajstić information content (AvgIpc) is 3.23. The van der Waals surface area contributed by atoms with Crippen molar-refractivity contribution >= 4 is 17.9 Å². The van der Waals surface area contributed by atoms with E-state index in [1.54, 1.807) is 24.3 Å². The molecule has 2 N–H and O–H groups in total. The van der Waals surface area contributed by atoms with E-state index in [1.165, 1.54) is 6.07 Å². The molecule has 0 aliphatic rings. The van der Waals surface area contributed by atoms with Crippen LogP contribution in [0.25, 0.3) is 0 Å². The molecular weight excluding hydrogens is 761 g/mol. The second kappa shape index (κ2) is 17.3. The molecule has 0 fully saturated rings. The van der Waals surface area contributed by atoms with E-state index in [9.17, 15) is 24.6 Å². The van der Waals surface area contributed by atoms with E-state index in [-0.39, 0.29) is 45.8 Å². The first-order valence-electron chi connectivity index (χ1n) is 20.7. The highest BCUT2D eigenvalue weighted by atomic mass is 16.6. The largest absolute Gasteiger partial charge is 0.507 e. The zero-order valence-electron chi connectivity index (χ0n) is 36.8. The molecule has 0 aliphatic heterocycles. The van der Waals surface area contributed by atoms with Gasteiger partial charge in [-0.25, -0.2) is 14.4 Å². The maximum Gasteiger partial charge on any atom is 0.347 e. The number of carbonyl (C=O) groups is 3. The summed E-state index contributed by atoms with van der Waals surface area (Å²) < 4.78 is 12.6. The van der Waals surface area contributed by atoms with E-state index in [1.807, 2.05) is 172 Å². The highest BCUT2D eigenvalue weighted by Crippen LogP contribution is 2.44. The lowest BCUT2D eigenvalue weighted by molar-refractivity contribution is 0.0679. The molecule has 7 nitrogen and oxygen atoms in total. The minimum Gasteiger partial charge on any atom is -0.507 e. The van der Waals surface area contributed by atoms with E-state index in [4.69, 9.17) is 9.47 Å². The molecule has 0 amide bonds. The van der Waals surface area contributed by atoms with Gasteiger partial charge in [0.15, 0.2) is 0 Å². The van der Waals surface area contributed by atoms with Crippen molar-refractivity contribution in [3.05, 3.63) is 195 Å². The first kappa shape index (κ1) is 44.1. The van der Waals surface area contributed by atoms with Crippen LogP contribution >= 0.6 is 0 Å². The van der Waals surface area contributed by atoms with Crippen molar-refractivity contribution in [1.82, 2.24) is 0 Å². The second-order valence-electron chi connectivity index (χ2n) is 18.4. The monoisotopic (exact) mass is 816 g/mol. The van der Waals surface area contributed by atoms with E-state index < -0.39 is 34.2 Å². The summed E-state index contributed by atoms with van der Waals surface area (Å²) in [6, 6.07) is 41.2. The van der Waals surface area contributed by atoms with Crippen LogP contribution in [0, 0.1) is 0 Å². The van der Waals surface area contributed by atoms with Gasteiger partial charge in [-0.2, -0.15) is 0 Å². The number of hydrogen-bond acceptors (Lipinski definition) is 6. The smallest absolute Gasteiger partial charge is 0.347 e. The Morgan fingerprint density at radius 3 is 1.56 bits per heavy atom. The summed E-state index contributed by atoms with van der Waals surface area (Å²) in [6.07, 6.45) is 0. The van der Waals surface area contributed by atoms with Crippen LogP contribution in [0.5, 0.6) is 17.2 Å². The van der Waals surface area contributed by atoms with E-state index in [2.05, 4.69) is 0 Å². The Bertz CT molecular complexity index is 2560. The van der Waals surface area contributed by atoms with Crippen LogP contribution < -0.4 is 9.47 Å². The van der Waals surface area contributed by atoms with E-state index in [0.29, 0.717) is 16.7 Å². The normalized spacial score (nSPS) is 13.0. The minimum absolute atomic E-state index is 0.0357. The van der Waals surface area contributed by atoms with Crippen LogP contribution in [-0.4, -0.2) is 28.1 Å². The van der Waals surface area contributed by atoms with Crippen LogP contribution in [-0.2, 0) is 16.2 Å². The SMILES string of the molecule is CC(c1ccccc1)c1cc(C(=O)O)c(OC(=O)c2cc(C(C)(C)C)cc(C(C)(C)C)c2OC(=O)c2cccc(C(C)(C)c3ccccc3)c2O)c(C(C)c2ccccc2)c1. The maximum atomic E-state index is 15.0. The number of rotatable bonds is 11. The molecule has 0 spiro atoms. The molecule has 0 radical (unpaired) electrons. The molecule has 6 rings (SSSR count). The molecule has 6 aromatic rings. The van der Waals surface area contributed by atoms with Gasteiger partial charge in [-0.1, -0.05) is 184 Å². The predicted molar refractivity (Wildman–Crippen MR) is 242 cm³/mol. The van der Waals surface area contributed by atoms with Gasteiger partial charge < -0.3 is 19.7 Å². The minimum atomic E-state index is -1.26. The number of phenolic OH excluding ortho intramolecular Hbond substituents is 1. The van der Waals surface area contributed by atoms with Crippen molar-refractivity contribution in [1.29, 1.82) is 0 Å². The molecule has 0 saturated heterocycles. The van der Waals surface area contributed by atoms with Gasteiger partial charge in [0.05, 0.1) is 0 Å². The lowest BCUT2D eigenvalue weighted by Gasteiger charge is -2.29. The van der Waals surface area contributed by atoms with Crippen LogP contribution in [0.1, 0.15) is 157 Å². The first-order chi connectivity index (χ1) is 28.7. The van der Waals surface area contributed by atoms with Gasteiger partial charge in [0.2, 0.25) is 0 Å². The fourth-order valence-corrected chi connectivity index (χ4v) is 7.77. The van der Waals surface area contributed by atoms with Gasteiger partial charge in [0, 0.05) is 33.9 Å². The fraction of sp³-hybridized carbons (Fsp3) is 0.278. The van der Waals surface area contributed by atoms with Crippen LogP contribution in [0.4, 0.5) is 0 Å². The van der Waals surface area contributed by atoms with Gasteiger partial charge in [-0.3, -0.25) is 0 Å². The number of carbonyl (C=O) groups excluding carboxylic acids is 2.